The van der Waals surface area contributed by atoms with Gasteiger partial charge in [-0.25, -0.2) is 4.98 Å². The van der Waals surface area contributed by atoms with Gasteiger partial charge in [-0.15, -0.1) is 0 Å². The molecule has 0 unspecified atom stereocenters. The van der Waals surface area contributed by atoms with Crippen molar-refractivity contribution >= 4 is 17.1 Å². The molecule has 0 spiro atoms. The van der Waals surface area contributed by atoms with Crippen molar-refractivity contribution in [2.24, 2.45) is 0 Å². The van der Waals surface area contributed by atoms with Crippen molar-refractivity contribution in [3.05, 3.63) is 59.4 Å². The van der Waals surface area contributed by atoms with Crippen molar-refractivity contribution in [2.45, 2.75) is 6.92 Å². The Morgan fingerprint density at radius 2 is 2.06 bits per heavy atom. The predicted molar refractivity (Wildman–Crippen MR) is 70.4 cm³/mol. The van der Waals surface area contributed by atoms with E-state index in [4.69, 9.17) is 11.6 Å². The molecule has 0 aliphatic carbocycles. The second kappa shape index (κ2) is 3.90. The molecule has 0 fully saturated rings. The van der Waals surface area contributed by atoms with Crippen molar-refractivity contribution in [3.63, 3.8) is 0 Å². The van der Waals surface area contributed by atoms with E-state index < -0.39 is 0 Å². The lowest BCUT2D eigenvalue weighted by atomic mass is 10.1. The van der Waals surface area contributed by atoms with Gasteiger partial charge in [0.15, 0.2) is 0 Å². The highest BCUT2D eigenvalue weighted by Crippen LogP contribution is 2.24. The normalized spacial score (nSPS) is 10.9. The number of fused-ring (bicyclic) bond motifs is 1. The number of aryl methyl sites for hydroxylation is 1. The fraction of sp³-hybridized carbons (Fsp3) is 0.0714. The van der Waals surface area contributed by atoms with Gasteiger partial charge >= 0.3 is 0 Å². The maximum Gasteiger partial charge on any atom is 0.144 e. The molecule has 3 aromatic rings. The van der Waals surface area contributed by atoms with Crippen molar-refractivity contribution in [2.75, 3.05) is 0 Å². The van der Waals surface area contributed by atoms with Crippen molar-refractivity contribution in [1.82, 2.24) is 9.38 Å². The van der Waals surface area contributed by atoms with Crippen LogP contribution in [0.3, 0.4) is 0 Å². The number of imidazole rings is 1. The number of benzene rings is 1. The highest BCUT2D eigenvalue weighted by molar-refractivity contribution is 6.33. The summed E-state index contributed by atoms with van der Waals surface area (Å²) < 4.78 is 2.01. The summed E-state index contributed by atoms with van der Waals surface area (Å²) in [6.45, 7) is 2.08. The second-order valence-corrected chi connectivity index (χ2v) is 4.47. The Morgan fingerprint density at radius 3 is 2.88 bits per heavy atom. The van der Waals surface area contributed by atoms with Gasteiger partial charge in [0.2, 0.25) is 0 Å². The molecule has 17 heavy (non-hydrogen) atoms. The van der Waals surface area contributed by atoms with Gasteiger partial charge in [-0.05, 0) is 25.1 Å². The molecular weight excluding hydrogens is 232 g/mol. The summed E-state index contributed by atoms with van der Waals surface area (Å²) in [4.78, 5) is 4.45. The number of aromatic nitrogens is 2. The van der Waals surface area contributed by atoms with E-state index in [2.05, 4.69) is 30.1 Å². The number of halogens is 1. The highest BCUT2D eigenvalue weighted by Gasteiger charge is 2.07. The molecular formula is C14H11ClN2. The van der Waals surface area contributed by atoms with E-state index in [9.17, 15) is 0 Å². The molecule has 0 atom stereocenters. The SMILES string of the molecule is Cc1cccc(-c2ncc3c(Cl)cccn23)c1. The molecule has 0 saturated heterocycles. The fourth-order valence-electron chi connectivity index (χ4n) is 1.99. The minimum atomic E-state index is 0.721. The molecule has 0 aliphatic rings. The second-order valence-electron chi connectivity index (χ2n) is 4.06. The van der Waals surface area contributed by atoms with Gasteiger partial charge < -0.3 is 0 Å². The van der Waals surface area contributed by atoms with Gasteiger partial charge in [0, 0.05) is 11.8 Å². The van der Waals surface area contributed by atoms with Crippen molar-refractivity contribution in [3.8, 4) is 11.4 Å². The Bertz CT molecular complexity index is 686. The molecule has 1 aromatic carbocycles. The summed E-state index contributed by atoms with van der Waals surface area (Å²) in [6.07, 6.45) is 3.78. The molecule has 2 nitrogen and oxygen atoms in total. The van der Waals surface area contributed by atoms with Crippen LogP contribution in [0.4, 0.5) is 0 Å². The standard InChI is InChI=1S/C14H11ClN2/c1-10-4-2-5-11(8-10)14-16-9-13-12(15)6-3-7-17(13)14/h2-9H,1H3. The lowest BCUT2D eigenvalue weighted by Gasteiger charge is -2.03. The summed E-state index contributed by atoms with van der Waals surface area (Å²) in [5.41, 5.74) is 3.26. The van der Waals surface area contributed by atoms with Gasteiger partial charge in [0.05, 0.1) is 16.7 Å². The molecule has 2 aromatic heterocycles. The lowest BCUT2D eigenvalue weighted by Crippen LogP contribution is -1.89. The monoisotopic (exact) mass is 242 g/mol. The maximum absolute atomic E-state index is 6.13. The smallest absolute Gasteiger partial charge is 0.144 e. The quantitative estimate of drug-likeness (QED) is 0.631. The Morgan fingerprint density at radius 1 is 1.18 bits per heavy atom. The number of rotatable bonds is 1. The summed E-state index contributed by atoms with van der Waals surface area (Å²) in [7, 11) is 0. The molecule has 3 rings (SSSR count). The Kier molecular flexibility index (Phi) is 2.37. The molecule has 0 radical (unpaired) electrons. The minimum Gasteiger partial charge on any atom is -0.298 e. The summed E-state index contributed by atoms with van der Waals surface area (Å²) in [5, 5.41) is 0.721. The van der Waals surface area contributed by atoms with Crippen LogP contribution in [0.1, 0.15) is 5.56 Å². The molecule has 0 aliphatic heterocycles. The lowest BCUT2D eigenvalue weighted by molar-refractivity contribution is 1.16. The van der Waals surface area contributed by atoms with Crippen LogP contribution in [0.2, 0.25) is 5.02 Å². The molecule has 0 N–H and O–H groups in total. The first-order valence-electron chi connectivity index (χ1n) is 5.44. The Hall–Kier alpha value is -1.80. The Labute approximate surface area is 104 Å². The zero-order valence-electron chi connectivity index (χ0n) is 9.39. The highest BCUT2D eigenvalue weighted by atomic mass is 35.5. The molecule has 3 heteroatoms. The molecule has 0 amide bonds. The topological polar surface area (TPSA) is 17.3 Å². The number of hydrogen-bond donors (Lipinski definition) is 0. The van der Waals surface area contributed by atoms with Crippen molar-refractivity contribution in [1.29, 1.82) is 0 Å². The molecule has 0 bridgehead atoms. The maximum atomic E-state index is 6.13. The number of hydrogen-bond acceptors (Lipinski definition) is 1. The van der Waals surface area contributed by atoms with E-state index in [1.807, 2.05) is 28.8 Å². The predicted octanol–water partition coefficient (Wildman–Crippen LogP) is 3.96. The zero-order chi connectivity index (χ0) is 11.8. The molecule has 2 heterocycles. The van der Waals surface area contributed by atoms with Crippen molar-refractivity contribution < 1.29 is 0 Å². The first-order chi connectivity index (χ1) is 8.25. The van der Waals surface area contributed by atoms with Crippen LogP contribution in [-0.2, 0) is 0 Å². The first kappa shape index (κ1) is 10.4. The van der Waals surface area contributed by atoms with E-state index in [0.717, 1.165) is 21.9 Å². The number of nitrogens with zero attached hydrogens (tertiary/aromatic N) is 2. The summed E-state index contributed by atoms with van der Waals surface area (Å²) in [5.74, 6) is 0.922. The average molecular weight is 243 g/mol. The van der Waals surface area contributed by atoms with Crippen LogP contribution < -0.4 is 0 Å². The fourth-order valence-corrected chi connectivity index (χ4v) is 2.20. The number of pyridine rings is 1. The average Bonchev–Trinajstić information content (AvgIpc) is 2.74. The Balaban J connectivity index is 2.28. The van der Waals surface area contributed by atoms with Crippen LogP contribution in [0.5, 0.6) is 0 Å². The van der Waals surface area contributed by atoms with E-state index in [0.29, 0.717) is 0 Å². The van der Waals surface area contributed by atoms with E-state index in [-0.39, 0.29) is 0 Å². The van der Waals surface area contributed by atoms with Crippen LogP contribution in [-0.4, -0.2) is 9.38 Å². The minimum absolute atomic E-state index is 0.721. The van der Waals surface area contributed by atoms with Crippen LogP contribution in [0, 0.1) is 6.92 Å². The molecule has 0 saturated carbocycles. The zero-order valence-corrected chi connectivity index (χ0v) is 10.1. The first-order valence-corrected chi connectivity index (χ1v) is 5.82. The largest absolute Gasteiger partial charge is 0.298 e. The van der Waals surface area contributed by atoms with E-state index in [1.165, 1.54) is 5.56 Å². The van der Waals surface area contributed by atoms with Gasteiger partial charge in [-0.1, -0.05) is 35.4 Å². The molecule has 84 valence electrons. The van der Waals surface area contributed by atoms with Gasteiger partial charge in [-0.3, -0.25) is 4.40 Å². The van der Waals surface area contributed by atoms with E-state index >= 15 is 0 Å². The van der Waals surface area contributed by atoms with E-state index in [1.54, 1.807) is 6.20 Å². The third-order valence-electron chi connectivity index (χ3n) is 2.80. The van der Waals surface area contributed by atoms with Crippen LogP contribution in [0.15, 0.2) is 48.8 Å². The van der Waals surface area contributed by atoms with Gasteiger partial charge in [0.25, 0.3) is 0 Å². The van der Waals surface area contributed by atoms with Crippen LogP contribution in [0.25, 0.3) is 16.9 Å². The van der Waals surface area contributed by atoms with Gasteiger partial charge in [0.1, 0.15) is 5.82 Å². The summed E-state index contributed by atoms with van der Waals surface area (Å²) >= 11 is 6.13. The third kappa shape index (κ3) is 1.71. The third-order valence-corrected chi connectivity index (χ3v) is 3.12. The van der Waals surface area contributed by atoms with Crippen LogP contribution >= 0.6 is 11.6 Å². The summed E-state index contributed by atoms with van der Waals surface area (Å²) in [6, 6.07) is 12.1. The van der Waals surface area contributed by atoms with Gasteiger partial charge in [-0.2, -0.15) is 0 Å².